The maximum atomic E-state index is 13.0. The van der Waals surface area contributed by atoms with Crippen molar-refractivity contribution in [1.82, 2.24) is 9.21 Å². The highest BCUT2D eigenvalue weighted by Gasteiger charge is 2.33. The Hall–Kier alpha value is -2.00. The molecule has 0 atom stereocenters. The highest BCUT2D eigenvalue weighted by molar-refractivity contribution is 7.89. The van der Waals surface area contributed by atoms with Crippen LogP contribution in [0.1, 0.15) is 25.7 Å². The number of amides is 1. The maximum Gasteiger partial charge on any atom is 0.309 e. The van der Waals surface area contributed by atoms with Crippen molar-refractivity contribution in [2.45, 2.75) is 30.6 Å². The molecule has 7 nitrogen and oxygen atoms in total. The summed E-state index contributed by atoms with van der Waals surface area (Å²) in [4.78, 5) is 25.4. The van der Waals surface area contributed by atoms with Crippen molar-refractivity contribution in [3.63, 3.8) is 0 Å². The van der Waals surface area contributed by atoms with Crippen LogP contribution in [0.5, 0.6) is 0 Å². The molecule has 1 amide bonds. The molecule has 0 N–H and O–H groups in total. The third-order valence-electron chi connectivity index (χ3n) is 5.02. The van der Waals surface area contributed by atoms with Crippen LogP contribution in [0.15, 0.2) is 29.2 Å². The number of likely N-dealkylation sites (tertiary alicyclic amines) is 1. The molecule has 2 aliphatic rings. The Morgan fingerprint density at radius 3 is 2.41 bits per heavy atom. The van der Waals surface area contributed by atoms with Crippen LogP contribution < -0.4 is 0 Å². The van der Waals surface area contributed by atoms with Gasteiger partial charge in [0.15, 0.2) is 0 Å². The summed E-state index contributed by atoms with van der Waals surface area (Å²) in [6.45, 7) is 1.70. The summed E-state index contributed by atoms with van der Waals surface area (Å²) < 4.78 is 44.7. The number of piperidine rings is 1. The molecule has 9 heteroatoms. The number of benzene rings is 1. The van der Waals surface area contributed by atoms with Crippen molar-refractivity contribution in [2.75, 3.05) is 32.8 Å². The van der Waals surface area contributed by atoms with Gasteiger partial charge in [-0.25, -0.2) is 12.8 Å². The minimum atomic E-state index is -3.69. The number of sulfonamides is 1. The molecule has 0 aromatic heterocycles. The summed E-state index contributed by atoms with van der Waals surface area (Å²) in [5.41, 5.74) is 0. The molecule has 148 valence electrons. The van der Waals surface area contributed by atoms with Crippen molar-refractivity contribution in [1.29, 1.82) is 0 Å². The highest BCUT2D eigenvalue weighted by atomic mass is 32.2. The molecule has 2 saturated heterocycles. The summed E-state index contributed by atoms with van der Waals surface area (Å²) in [7, 11) is -3.69. The largest absolute Gasteiger partial charge is 0.464 e. The highest BCUT2D eigenvalue weighted by Crippen LogP contribution is 2.24. The van der Waals surface area contributed by atoms with Crippen LogP contribution in [0.3, 0.4) is 0 Å². The fraction of sp³-hybridized carbons (Fsp3) is 0.556. The zero-order valence-electron chi connectivity index (χ0n) is 15.0. The Morgan fingerprint density at radius 1 is 1.15 bits per heavy atom. The number of carbonyl (C=O) groups excluding carboxylic acids is 2. The van der Waals surface area contributed by atoms with E-state index in [2.05, 4.69) is 0 Å². The fourth-order valence-corrected chi connectivity index (χ4v) is 4.87. The molecule has 27 heavy (non-hydrogen) atoms. The van der Waals surface area contributed by atoms with E-state index in [1.165, 1.54) is 16.4 Å². The molecule has 0 aliphatic carbocycles. The number of hydrogen-bond acceptors (Lipinski definition) is 5. The molecule has 0 bridgehead atoms. The molecule has 2 aliphatic heterocycles. The Morgan fingerprint density at radius 2 is 1.81 bits per heavy atom. The lowest BCUT2D eigenvalue weighted by molar-refractivity contribution is -0.151. The monoisotopic (exact) mass is 398 g/mol. The van der Waals surface area contributed by atoms with Gasteiger partial charge in [0.2, 0.25) is 15.9 Å². The van der Waals surface area contributed by atoms with E-state index < -0.39 is 15.8 Å². The smallest absolute Gasteiger partial charge is 0.309 e. The minimum Gasteiger partial charge on any atom is -0.464 e. The molecule has 1 aromatic carbocycles. The molecule has 0 unspecified atom stereocenters. The van der Waals surface area contributed by atoms with E-state index in [1.54, 1.807) is 4.90 Å². The third-order valence-corrected chi connectivity index (χ3v) is 6.93. The lowest BCUT2D eigenvalue weighted by atomic mass is 9.98. The summed E-state index contributed by atoms with van der Waals surface area (Å²) >= 11 is 0. The quantitative estimate of drug-likeness (QED) is 0.676. The van der Waals surface area contributed by atoms with Crippen LogP contribution in [0, 0.1) is 11.7 Å². The van der Waals surface area contributed by atoms with Gasteiger partial charge in [0.1, 0.15) is 12.4 Å². The molecule has 1 aromatic rings. The second-order valence-corrected chi connectivity index (χ2v) is 8.72. The van der Waals surface area contributed by atoms with Gasteiger partial charge in [-0.05, 0) is 43.5 Å². The number of hydrogen-bond donors (Lipinski definition) is 0. The zero-order chi connectivity index (χ0) is 19.4. The standard InChI is InChI=1S/C18H23FN2O5S/c19-15-3-5-16(6-4-15)27(24,25)21-10-7-14(8-11-21)18(23)26-13-12-20-9-1-2-17(20)22/h3-6,14H,1-2,7-13H2. The third kappa shape index (κ3) is 4.65. The summed E-state index contributed by atoms with van der Waals surface area (Å²) in [6, 6.07) is 4.71. The van der Waals surface area contributed by atoms with Crippen molar-refractivity contribution >= 4 is 21.9 Å². The van der Waals surface area contributed by atoms with E-state index in [0.29, 0.717) is 32.4 Å². The molecule has 0 saturated carbocycles. The van der Waals surface area contributed by atoms with E-state index in [4.69, 9.17) is 4.74 Å². The van der Waals surface area contributed by atoms with Crippen LogP contribution >= 0.6 is 0 Å². The second kappa shape index (κ2) is 8.35. The van der Waals surface area contributed by atoms with Gasteiger partial charge in [-0.3, -0.25) is 9.59 Å². The minimum absolute atomic E-state index is 0.0419. The van der Waals surface area contributed by atoms with Crippen LogP contribution in [0.4, 0.5) is 4.39 Å². The van der Waals surface area contributed by atoms with Gasteiger partial charge in [-0.1, -0.05) is 0 Å². The van der Waals surface area contributed by atoms with Crippen molar-refractivity contribution in [3.05, 3.63) is 30.1 Å². The van der Waals surface area contributed by atoms with E-state index in [-0.39, 0.29) is 42.4 Å². The predicted octanol–water partition coefficient (Wildman–Crippen LogP) is 1.39. The lowest BCUT2D eigenvalue weighted by Crippen LogP contribution is -2.41. The molecule has 2 heterocycles. The molecule has 3 rings (SSSR count). The summed E-state index contributed by atoms with van der Waals surface area (Å²) in [5.74, 6) is -1.10. The second-order valence-electron chi connectivity index (χ2n) is 6.78. The van der Waals surface area contributed by atoms with Crippen LogP contribution in [-0.2, 0) is 24.3 Å². The molecular weight excluding hydrogens is 375 g/mol. The van der Waals surface area contributed by atoms with Gasteiger partial charge in [0.25, 0.3) is 0 Å². The van der Waals surface area contributed by atoms with Crippen LogP contribution in [0.25, 0.3) is 0 Å². The number of halogens is 1. The van der Waals surface area contributed by atoms with Crippen LogP contribution in [-0.4, -0.2) is 62.3 Å². The molecule has 2 fully saturated rings. The van der Waals surface area contributed by atoms with E-state index in [9.17, 15) is 22.4 Å². The molecular formula is C18H23FN2O5S. The number of nitrogens with zero attached hydrogens (tertiary/aromatic N) is 2. The van der Waals surface area contributed by atoms with Crippen LogP contribution in [0.2, 0.25) is 0 Å². The Labute approximate surface area is 158 Å². The van der Waals surface area contributed by atoms with Crippen molar-refractivity contribution < 1.29 is 27.1 Å². The number of rotatable bonds is 6. The predicted molar refractivity (Wildman–Crippen MR) is 94.7 cm³/mol. The zero-order valence-corrected chi connectivity index (χ0v) is 15.8. The van der Waals surface area contributed by atoms with Gasteiger partial charge >= 0.3 is 5.97 Å². The maximum absolute atomic E-state index is 13.0. The number of esters is 1. The number of carbonyl (C=O) groups is 2. The van der Waals surface area contributed by atoms with Gasteiger partial charge < -0.3 is 9.64 Å². The molecule has 0 spiro atoms. The topological polar surface area (TPSA) is 84.0 Å². The average molecular weight is 398 g/mol. The van der Waals surface area contributed by atoms with E-state index in [0.717, 1.165) is 18.6 Å². The van der Waals surface area contributed by atoms with Gasteiger partial charge in [-0.15, -0.1) is 0 Å². The Kier molecular flexibility index (Phi) is 6.11. The van der Waals surface area contributed by atoms with Gasteiger partial charge in [-0.2, -0.15) is 4.31 Å². The average Bonchev–Trinajstić information content (AvgIpc) is 3.07. The first-order valence-electron chi connectivity index (χ1n) is 9.08. The van der Waals surface area contributed by atoms with E-state index in [1.807, 2.05) is 0 Å². The fourth-order valence-electron chi connectivity index (χ4n) is 3.40. The molecule has 0 radical (unpaired) electrons. The lowest BCUT2D eigenvalue weighted by Gasteiger charge is -2.30. The first kappa shape index (κ1) is 19.8. The number of ether oxygens (including phenoxy) is 1. The summed E-state index contributed by atoms with van der Waals surface area (Å²) in [6.07, 6.45) is 2.15. The SMILES string of the molecule is O=C(OCCN1CCCC1=O)C1CCN(S(=O)(=O)c2ccc(F)cc2)CC1. The Bertz CT molecular complexity index is 788. The van der Waals surface area contributed by atoms with Crippen molar-refractivity contribution in [2.24, 2.45) is 5.92 Å². The van der Waals surface area contributed by atoms with E-state index >= 15 is 0 Å². The normalized spacial score (nSPS) is 19.4. The Balaban J connectivity index is 1.47. The van der Waals surface area contributed by atoms with Gasteiger partial charge in [0, 0.05) is 26.1 Å². The van der Waals surface area contributed by atoms with Crippen molar-refractivity contribution in [3.8, 4) is 0 Å². The van der Waals surface area contributed by atoms with Gasteiger partial charge in [0.05, 0.1) is 17.4 Å². The first-order valence-corrected chi connectivity index (χ1v) is 10.5. The first-order chi connectivity index (χ1) is 12.9. The summed E-state index contributed by atoms with van der Waals surface area (Å²) in [5, 5.41) is 0.